The van der Waals surface area contributed by atoms with Gasteiger partial charge in [0.2, 0.25) is 5.91 Å². The zero-order valence-corrected chi connectivity index (χ0v) is 17.2. The molecule has 2 rings (SSSR count). The van der Waals surface area contributed by atoms with Crippen molar-refractivity contribution >= 4 is 41.3 Å². The van der Waals surface area contributed by atoms with Crippen molar-refractivity contribution in [2.75, 3.05) is 19.7 Å². The molecule has 0 aliphatic rings. The van der Waals surface area contributed by atoms with Crippen molar-refractivity contribution in [3.63, 3.8) is 0 Å². The molecule has 0 fully saturated rings. The summed E-state index contributed by atoms with van der Waals surface area (Å²) < 4.78 is 6.39. The summed E-state index contributed by atoms with van der Waals surface area (Å²) in [6, 6.07) is 7.43. The highest BCUT2D eigenvalue weighted by Gasteiger charge is 2.12. The van der Waals surface area contributed by atoms with Crippen molar-refractivity contribution < 1.29 is 14.3 Å². The Kier molecular flexibility index (Phi) is 8.35. The first-order valence-electron chi connectivity index (χ1n) is 8.74. The van der Waals surface area contributed by atoms with E-state index in [1.165, 1.54) is 6.08 Å². The molecule has 0 saturated heterocycles. The third-order valence-corrected chi connectivity index (χ3v) is 4.38. The fourth-order valence-electron chi connectivity index (χ4n) is 2.37. The van der Waals surface area contributed by atoms with Crippen molar-refractivity contribution in [3.05, 3.63) is 57.3 Å². The van der Waals surface area contributed by atoms with E-state index in [1.54, 1.807) is 17.7 Å². The molecule has 0 aliphatic heterocycles. The Morgan fingerprint density at radius 3 is 2.54 bits per heavy atom. The molecule has 2 N–H and O–H groups in total. The number of benzene rings is 1. The number of nitrogens with one attached hydrogen (secondary N) is 2. The van der Waals surface area contributed by atoms with Gasteiger partial charge in [-0.3, -0.25) is 4.79 Å². The third kappa shape index (κ3) is 6.58. The van der Waals surface area contributed by atoms with E-state index in [9.17, 15) is 9.59 Å². The molecule has 28 heavy (non-hydrogen) atoms. The van der Waals surface area contributed by atoms with Gasteiger partial charge in [0.05, 0.1) is 18.8 Å². The monoisotopic (exact) mass is 424 g/mol. The number of alkyl carbamates (subject to hydrolysis) is 1. The molecule has 7 nitrogen and oxygen atoms in total. The molecule has 0 atom stereocenters. The fraction of sp³-hybridized carbons (Fsp3) is 0.316. The van der Waals surface area contributed by atoms with Crippen molar-refractivity contribution in [3.8, 4) is 0 Å². The van der Waals surface area contributed by atoms with Crippen LogP contribution in [0.1, 0.15) is 23.7 Å². The van der Waals surface area contributed by atoms with Crippen LogP contribution in [0.2, 0.25) is 10.2 Å². The van der Waals surface area contributed by atoms with Crippen molar-refractivity contribution in [2.45, 2.75) is 20.4 Å². The van der Waals surface area contributed by atoms with Gasteiger partial charge in [0.25, 0.3) is 0 Å². The number of nitrogens with zero attached hydrogens (tertiary/aromatic N) is 2. The maximum Gasteiger partial charge on any atom is 0.407 e. The first-order chi connectivity index (χ1) is 13.4. The van der Waals surface area contributed by atoms with E-state index >= 15 is 0 Å². The summed E-state index contributed by atoms with van der Waals surface area (Å²) >= 11 is 12.3. The Bertz CT molecular complexity index is 848. The largest absolute Gasteiger partial charge is 0.450 e. The second kappa shape index (κ2) is 10.7. The number of aromatic nitrogens is 2. The van der Waals surface area contributed by atoms with E-state index in [-0.39, 0.29) is 19.0 Å². The predicted molar refractivity (Wildman–Crippen MR) is 110 cm³/mol. The molecule has 1 heterocycles. The Morgan fingerprint density at radius 2 is 1.86 bits per heavy atom. The summed E-state index contributed by atoms with van der Waals surface area (Å²) in [5, 5.41) is 10.7. The summed E-state index contributed by atoms with van der Waals surface area (Å²) in [5.74, 6) is -0.299. The van der Waals surface area contributed by atoms with E-state index in [2.05, 4.69) is 15.7 Å². The molecule has 0 bridgehead atoms. The topological polar surface area (TPSA) is 85.2 Å². The van der Waals surface area contributed by atoms with E-state index < -0.39 is 6.09 Å². The van der Waals surface area contributed by atoms with E-state index in [0.717, 1.165) is 5.56 Å². The SMILES string of the molecule is CCOC(=O)NCCNC(=O)/C=C/c1c(C)nn(Cc2ccc(Cl)cc2)c1Cl. The normalized spacial score (nSPS) is 10.9. The van der Waals surface area contributed by atoms with Crippen LogP contribution in [0.4, 0.5) is 4.79 Å². The summed E-state index contributed by atoms with van der Waals surface area (Å²) in [7, 11) is 0. The van der Waals surface area contributed by atoms with Crippen LogP contribution >= 0.6 is 23.2 Å². The molecule has 1 aromatic carbocycles. The number of hydrogen-bond acceptors (Lipinski definition) is 4. The second-order valence-electron chi connectivity index (χ2n) is 5.85. The van der Waals surface area contributed by atoms with Crippen LogP contribution in [0.3, 0.4) is 0 Å². The molecule has 0 saturated carbocycles. The Balaban J connectivity index is 1.90. The highest BCUT2D eigenvalue weighted by molar-refractivity contribution is 6.31. The molecule has 2 amide bonds. The molecular formula is C19H22Cl2N4O3. The van der Waals surface area contributed by atoms with Gasteiger partial charge < -0.3 is 15.4 Å². The van der Waals surface area contributed by atoms with E-state index in [0.29, 0.717) is 34.6 Å². The van der Waals surface area contributed by atoms with Gasteiger partial charge in [-0.1, -0.05) is 35.3 Å². The van der Waals surface area contributed by atoms with Crippen LogP contribution < -0.4 is 10.6 Å². The zero-order valence-electron chi connectivity index (χ0n) is 15.7. The minimum atomic E-state index is -0.511. The minimum Gasteiger partial charge on any atom is -0.450 e. The molecule has 0 spiro atoms. The second-order valence-corrected chi connectivity index (χ2v) is 6.64. The minimum absolute atomic E-state index is 0.275. The van der Waals surface area contributed by atoms with Crippen LogP contribution in [0.5, 0.6) is 0 Å². The number of aryl methyl sites for hydroxylation is 1. The average molecular weight is 425 g/mol. The number of carbonyl (C=O) groups is 2. The molecular weight excluding hydrogens is 403 g/mol. The highest BCUT2D eigenvalue weighted by atomic mass is 35.5. The lowest BCUT2D eigenvalue weighted by atomic mass is 10.2. The van der Waals surface area contributed by atoms with Crippen LogP contribution in [-0.4, -0.2) is 41.5 Å². The third-order valence-electron chi connectivity index (χ3n) is 3.73. The maximum absolute atomic E-state index is 11.9. The molecule has 1 aromatic heterocycles. The Hall–Kier alpha value is -2.51. The number of hydrogen-bond donors (Lipinski definition) is 2. The standard InChI is InChI=1S/C19H22Cl2N4O3/c1-3-28-19(27)23-11-10-22-17(26)9-8-16-13(2)24-25(18(16)21)12-14-4-6-15(20)7-5-14/h4-9H,3,10-12H2,1-2H3,(H,22,26)(H,23,27)/b9-8+. The molecule has 9 heteroatoms. The van der Waals surface area contributed by atoms with Crippen LogP contribution in [0.25, 0.3) is 6.08 Å². The first kappa shape index (κ1) is 21.8. The smallest absolute Gasteiger partial charge is 0.407 e. The van der Waals surface area contributed by atoms with Crippen molar-refractivity contribution in [1.82, 2.24) is 20.4 Å². The molecule has 150 valence electrons. The highest BCUT2D eigenvalue weighted by Crippen LogP contribution is 2.22. The van der Waals surface area contributed by atoms with Gasteiger partial charge in [0.15, 0.2) is 0 Å². The maximum atomic E-state index is 11.9. The molecule has 2 aromatic rings. The van der Waals surface area contributed by atoms with E-state index in [1.807, 2.05) is 31.2 Å². The summed E-state index contributed by atoms with van der Waals surface area (Å²) in [4.78, 5) is 23.0. The van der Waals surface area contributed by atoms with Crippen LogP contribution in [0, 0.1) is 6.92 Å². The summed E-state index contributed by atoms with van der Waals surface area (Å²) in [5.41, 5.74) is 2.40. The van der Waals surface area contributed by atoms with Gasteiger partial charge in [-0.15, -0.1) is 0 Å². The van der Waals surface area contributed by atoms with Gasteiger partial charge in [-0.2, -0.15) is 5.10 Å². The summed E-state index contributed by atoms with van der Waals surface area (Å²) in [6.07, 6.45) is 2.49. The van der Waals surface area contributed by atoms with Gasteiger partial charge in [-0.05, 0) is 37.6 Å². The lowest BCUT2D eigenvalue weighted by Gasteiger charge is -2.05. The zero-order chi connectivity index (χ0) is 20.5. The average Bonchev–Trinajstić information content (AvgIpc) is 2.92. The fourth-order valence-corrected chi connectivity index (χ4v) is 2.80. The number of halogens is 2. The number of amides is 2. The van der Waals surface area contributed by atoms with Crippen molar-refractivity contribution in [2.24, 2.45) is 0 Å². The van der Waals surface area contributed by atoms with Crippen LogP contribution in [-0.2, 0) is 16.1 Å². The predicted octanol–water partition coefficient (Wildman–Crippen LogP) is 3.42. The molecule has 0 unspecified atom stereocenters. The number of rotatable bonds is 8. The first-order valence-corrected chi connectivity index (χ1v) is 9.50. The van der Waals surface area contributed by atoms with Crippen LogP contribution in [0.15, 0.2) is 30.3 Å². The Morgan fingerprint density at radius 1 is 1.18 bits per heavy atom. The number of carbonyl (C=O) groups excluding carboxylic acids is 2. The van der Waals surface area contributed by atoms with E-state index in [4.69, 9.17) is 27.9 Å². The lowest BCUT2D eigenvalue weighted by molar-refractivity contribution is -0.116. The molecule has 0 radical (unpaired) electrons. The van der Waals surface area contributed by atoms with Gasteiger partial charge >= 0.3 is 6.09 Å². The van der Waals surface area contributed by atoms with Crippen molar-refractivity contribution in [1.29, 1.82) is 0 Å². The van der Waals surface area contributed by atoms with Gasteiger partial charge in [0, 0.05) is 29.8 Å². The lowest BCUT2D eigenvalue weighted by Crippen LogP contribution is -2.34. The van der Waals surface area contributed by atoms with Gasteiger partial charge in [0.1, 0.15) is 5.15 Å². The van der Waals surface area contributed by atoms with Gasteiger partial charge in [-0.25, -0.2) is 9.48 Å². The molecule has 0 aliphatic carbocycles. The summed E-state index contributed by atoms with van der Waals surface area (Å²) in [6.45, 7) is 4.90. The Labute approximate surface area is 173 Å². The number of ether oxygens (including phenoxy) is 1. The quantitative estimate of drug-likeness (QED) is 0.502.